The molecule has 3 atom stereocenters. The van der Waals surface area contributed by atoms with E-state index >= 15 is 0 Å². The van der Waals surface area contributed by atoms with Gasteiger partial charge in [-0.05, 0) is 55.3 Å². The van der Waals surface area contributed by atoms with Gasteiger partial charge in [0.2, 0.25) is 12.4 Å². The highest BCUT2D eigenvalue weighted by molar-refractivity contribution is 5.46. The van der Waals surface area contributed by atoms with Crippen molar-refractivity contribution in [3.05, 3.63) is 76.9 Å². The van der Waals surface area contributed by atoms with Crippen molar-refractivity contribution in [1.29, 1.82) is 0 Å². The van der Waals surface area contributed by atoms with Crippen molar-refractivity contribution in [2.24, 2.45) is 0 Å². The molecule has 1 unspecified atom stereocenters. The van der Waals surface area contributed by atoms with Crippen LogP contribution in [0.5, 0.6) is 0 Å². The van der Waals surface area contributed by atoms with Crippen LogP contribution in [0.25, 0.3) is 0 Å². The second-order valence-corrected chi connectivity index (χ2v) is 9.71. The molecule has 0 bridgehead atoms. The maximum atomic E-state index is 13.8. The Balaban J connectivity index is 1.74. The lowest BCUT2D eigenvalue weighted by atomic mass is 9.87. The summed E-state index contributed by atoms with van der Waals surface area (Å²) >= 11 is 0. The number of halogens is 7. The molecule has 2 heterocycles. The number of carbonyl (C=O) groups is 1. The lowest BCUT2D eigenvalue weighted by Crippen LogP contribution is -2.60. The van der Waals surface area contributed by atoms with Gasteiger partial charge < -0.3 is 19.3 Å². The molecular weight excluding hydrogens is 563 g/mol. The minimum atomic E-state index is -5.03. The third kappa shape index (κ3) is 6.45. The molecule has 222 valence electrons. The van der Waals surface area contributed by atoms with E-state index in [0.29, 0.717) is 24.1 Å². The van der Waals surface area contributed by atoms with E-state index in [1.165, 1.54) is 54.1 Å². The summed E-state index contributed by atoms with van der Waals surface area (Å²) in [5.74, 6) is -0.353. The smallest absolute Gasteiger partial charge is 0.348 e. The molecule has 0 aliphatic carbocycles. The van der Waals surface area contributed by atoms with E-state index < -0.39 is 47.2 Å². The highest BCUT2D eigenvalue weighted by atomic mass is 19.4. The summed E-state index contributed by atoms with van der Waals surface area (Å²) in [4.78, 5) is 18.3. The fourth-order valence-electron chi connectivity index (χ4n) is 4.55. The Kier molecular flexibility index (Phi) is 8.32. The van der Waals surface area contributed by atoms with E-state index in [1.807, 2.05) is 0 Å². The summed E-state index contributed by atoms with van der Waals surface area (Å²) in [5.41, 5.74) is -4.18. The highest BCUT2D eigenvalue weighted by Crippen LogP contribution is 2.42. The number of carbonyl (C=O) groups excluding carboxylic acids is 1. The largest absolute Gasteiger partial charge is 0.416 e. The lowest BCUT2D eigenvalue weighted by molar-refractivity contribution is -0.217. The Bertz CT molecular complexity index is 1330. The Morgan fingerprint density at radius 3 is 2.29 bits per heavy atom. The molecule has 1 aliphatic rings. The first-order chi connectivity index (χ1) is 19.1. The monoisotopic (exact) mass is 589 g/mol. The topological polar surface area (TPSA) is 72.7 Å². The van der Waals surface area contributed by atoms with Crippen LogP contribution in [0.4, 0.5) is 36.7 Å². The van der Waals surface area contributed by atoms with E-state index in [1.54, 1.807) is 11.8 Å². The van der Waals surface area contributed by atoms with Crippen LogP contribution in [0.3, 0.4) is 0 Å². The first-order valence-corrected chi connectivity index (χ1v) is 12.3. The van der Waals surface area contributed by atoms with Crippen LogP contribution in [-0.2, 0) is 38.8 Å². The fraction of sp³-hybridized carbons (Fsp3) is 0.423. The van der Waals surface area contributed by atoms with Gasteiger partial charge >= 0.3 is 12.4 Å². The molecule has 2 aromatic carbocycles. The number of hydrogen-bond donors (Lipinski definition) is 0. The number of benzene rings is 2. The van der Waals surface area contributed by atoms with E-state index in [-0.39, 0.29) is 37.4 Å². The number of morpholine rings is 1. The van der Waals surface area contributed by atoms with Crippen molar-refractivity contribution in [1.82, 2.24) is 19.7 Å². The SMILES string of the molecule is CC(O[C@H]1OCCN(c2ncn(CN(C)C=O)n2)[C@@]1(C)c1ccc(F)cc1)c1cc(C(F)(F)F)cc(C(F)(F)F)c1. The molecule has 1 aromatic heterocycles. The molecule has 4 rings (SSSR count). The number of anilines is 1. The first-order valence-electron chi connectivity index (χ1n) is 12.3. The molecule has 1 fully saturated rings. The van der Waals surface area contributed by atoms with Crippen molar-refractivity contribution in [2.75, 3.05) is 25.1 Å². The quantitative estimate of drug-likeness (QED) is 0.261. The summed E-state index contributed by atoms with van der Waals surface area (Å²) in [6, 6.07) is 6.55. The van der Waals surface area contributed by atoms with Gasteiger partial charge in [-0.2, -0.15) is 26.3 Å². The summed E-state index contributed by atoms with van der Waals surface area (Å²) in [5, 5.41) is 4.41. The van der Waals surface area contributed by atoms with Gasteiger partial charge in [0.1, 0.15) is 24.4 Å². The predicted molar refractivity (Wildman–Crippen MR) is 131 cm³/mol. The Labute approximate surface area is 230 Å². The standard InChI is InChI=1S/C26H26F7N5O3/c1-16(17-10-19(25(28,29)30)12-20(11-17)26(31,32)33)41-22-24(2,18-4-6-21(27)7-5-18)38(8-9-40-22)23-34-13-37(35-23)14-36(3)15-39/h4-7,10-13,15-16,22H,8-9,14H2,1-3H3/t16?,22-,24+/m1/s1. The van der Waals surface area contributed by atoms with Crippen molar-refractivity contribution < 1.29 is 45.0 Å². The molecule has 0 N–H and O–H groups in total. The number of amides is 1. The Hall–Kier alpha value is -3.72. The van der Waals surface area contributed by atoms with Crippen LogP contribution < -0.4 is 4.90 Å². The average molecular weight is 590 g/mol. The van der Waals surface area contributed by atoms with Crippen LogP contribution in [0, 0.1) is 5.82 Å². The van der Waals surface area contributed by atoms with Crippen LogP contribution in [0.1, 0.15) is 42.2 Å². The second-order valence-electron chi connectivity index (χ2n) is 9.71. The van der Waals surface area contributed by atoms with Gasteiger partial charge in [0, 0.05) is 13.6 Å². The zero-order valence-corrected chi connectivity index (χ0v) is 22.1. The van der Waals surface area contributed by atoms with Gasteiger partial charge in [-0.25, -0.2) is 14.1 Å². The fourth-order valence-corrected chi connectivity index (χ4v) is 4.55. The molecule has 3 aromatic rings. The zero-order chi connectivity index (χ0) is 30.2. The molecular formula is C26H26F7N5O3. The third-order valence-electron chi connectivity index (χ3n) is 6.75. The summed E-state index contributed by atoms with van der Waals surface area (Å²) in [6.45, 7) is 3.29. The highest BCUT2D eigenvalue weighted by Gasteiger charge is 2.48. The van der Waals surface area contributed by atoms with Crippen LogP contribution >= 0.6 is 0 Å². The number of nitrogens with zero attached hydrogens (tertiary/aromatic N) is 5. The third-order valence-corrected chi connectivity index (χ3v) is 6.75. The second kappa shape index (κ2) is 11.3. The van der Waals surface area contributed by atoms with E-state index in [0.717, 1.165) is 0 Å². The number of hydrogen-bond acceptors (Lipinski definition) is 6. The first kappa shape index (κ1) is 30.2. The minimum absolute atomic E-state index is 0.0351. The molecule has 15 heteroatoms. The number of alkyl halides is 6. The van der Waals surface area contributed by atoms with Crippen molar-refractivity contribution in [2.45, 2.75) is 50.8 Å². The molecule has 1 saturated heterocycles. The average Bonchev–Trinajstić information content (AvgIpc) is 3.36. The normalized spacial score (nSPS) is 20.6. The Morgan fingerprint density at radius 1 is 1.12 bits per heavy atom. The van der Waals surface area contributed by atoms with Crippen LogP contribution in [0.15, 0.2) is 48.8 Å². The van der Waals surface area contributed by atoms with Crippen molar-refractivity contribution >= 4 is 12.4 Å². The minimum Gasteiger partial charge on any atom is -0.348 e. The Morgan fingerprint density at radius 2 is 1.73 bits per heavy atom. The van der Waals surface area contributed by atoms with Crippen molar-refractivity contribution in [3.63, 3.8) is 0 Å². The van der Waals surface area contributed by atoms with Gasteiger partial charge in [0.05, 0.1) is 23.8 Å². The number of ether oxygens (including phenoxy) is 2. The summed E-state index contributed by atoms with van der Waals surface area (Å²) in [6.07, 6.45) is -10.6. The van der Waals surface area contributed by atoms with E-state index in [4.69, 9.17) is 9.47 Å². The van der Waals surface area contributed by atoms with Gasteiger partial charge in [0.15, 0.2) is 6.29 Å². The van der Waals surface area contributed by atoms with Crippen molar-refractivity contribution in [3.8, 4) is 0 Å². The van der Waals surface area contributed by atoms with E-state index in [9.17, 15) is 35.5 Å². The molecule has 1 aliphatic heterocycles. The van der Waals surface area contributed by atoms with E-state index in [2.05, 4.69) is 10.1 Å². The van der Waals surface area contributed by atoms with Crippen LogP contribution in [-0.4, -0.2) is 52.6 Å². The molecule has 8 nitrogen and oxygen atoms in total. The number of rotatable bonds is 8. The summed E-state index contributed by atoms with van der Waals surface area (Å²) < 4.78 is 108. The molecule has 0 radical (unpaired) electrons. The molecule has 0 spiro atoms. The molecule has 1 amide bonds. The van der Waals surface area contributed by atoms with Gasteiger partial charge in [-0.15, -0.1) is 5.10 Å². The zero-order valence-electron chi connectivity index (χ0n) is 22.1. The van der Waals surface area contributed by atoms with Gasteiger partial charge in [0.25, 0.3) is 0 Å². The van der Waals surface area contributed by atoms with Crippen LogP contribution in [0.2, 0.25) is 0 Å². The lowest BCUT2D eigenvalue weighted by Gasteiger charge is -2.49. The van der Waals surface area contributed by atoms with Gasteiger partial charge in [-0.3, -0.25) is 4.79 Å². The molecule has 0 saturated carbocycles. The number of aromatic nitrogens is 3. The molecule has 41 heavy (non-hydrogen) atoms. The predicted octanol–water partition coefficient (Wildman–Crippen LogP) is 5.36. The van der Waals surface area contributed by atoms with Gasteiger partial charge in [-0.1, -0.05) is 12.1 Å². The maximum Gasteiger partial charge on any atom is 0.416 e. The maximum absolute atomic E-state index is 13.8. The summed E-state index contributed by atoms with van der Waals surface area (Å²) in [7, 11) is 1.54.